The largest absolute Gasteiger partial charge is 0.489 e. The van der Waals surface area contributed by atoms with Crippen LogP contribution in [0.3, 0.4) is 0 Å². The molecule has 2 aliphatic rings. The summed E-state index contributed by atoms with van der Waals surface area (Å²) in [7, 11) is 0. The summed E-state index contributed by atoms with van der Waals surface area (Å²) in [6.07, 6.45) is 5.87. The number of aryl methyl sites for hydroxylation is 1. The van der Waals surface area contributed by atoms with Crippen LogP contribution in [0.25, 0.3) is 5.65 Å². The number of anilines is 2. The van der Waals surface area contributed by atoms with Crippen molar-refractivity contribution >= 4 is 29.3 Å². The molecular formula is C23H27N7O4. The van der Waals surface area contributed by atoms with Gasteiger partial charge in [-0.2, -0.15) is 0 Å². The molecule has 2 amide bonds. The lowest BCUT2D eigenvalue weighted by atomic mass is 9.96. The van der Waals surface area contributed by atoms with Crippen molar-refractivity contribution in [2.24, 2.45) is 0 Å². The van der Waals surface area contributed by atoms with Gasteiger partial charge in [0.2, 0.25) is 0 Å². The molecule has 2 N–H and O–H groups in total. The molecule has 1 atom stereocenters. The zero-order valence-corrected chi connectivity index (χ0v) is 19.1. The van der Waals surface area contributed by atoms with Crippen LogP contribution in [0.5, 0.6) is 5.75 Å². The van der Waals surface area contributed by atoms with Crippen LogP contribution in [0, 0.1) is 6.92 Å². The SMILES string of the molecule is Cc1cn2cc(C(=O)Nc3ccc(N4CCN(C(=O)O)[C@@H](C)C4)nn3)c(OC3CCC3)cc2n1. The van der Waals surface area contributed by atoms with Gasteiger partial charge in [0.15, 0.2) is 11.6 Å². The zero-order chi connectivity index (χ0) is 23.8. The fourth-order valence-corrected chi connectivity index (χ4v) is 4.27. The fraction of sp³-hybridized carbons (Fsp3) is 0.435. The number of pyridine rings is 1. The van der Waals surface area contributed by atoms with Gasteiger partial charge in [-0.25, -0.2) is 9.78 Å². The van der Waals surface area contributed by atoms with Crippen LogP contribution < -0.4 is 15.0 Å². The van der Waals surface area contributed by atoms with E-state index < -0.39 is 6.09 Å². The molecule has 178 valence electrons. The topological polar surface area (TPSA) is 125 Å². The third kappa shape index (κ3) is 4.33. The molecule has 3 aromatic heterocycles. The number of ether oxygens (including phenoxy) is 1. The van der Waals surface area contributed by atoms with Gasteiger partial charge in [0.25, 0.3) is 5.91 Å². The minimum absolute atomic E-state index is 0.119. The second-order valence-electron chi connectivity index (χ2n) is 8.87. The molecule has 1 saturated heterocycles. The molecule has 34 heavy (non-hydrogen) atoms. The third-order valence-electron chi connectivity index (χ3n) is 6.35. The van der Waals surface area contributed by atoms with Crippen LogP contribution in [0.1, 0.15) is 42.2 Å². The molecular weight excluding hydrogens is 438 g/mol. The highest BCUT2D eigenvalue weighted by Gasteiger charge is 2.28. The van der Waals surface area contributed by atoms with Crippen molar-refractivity contribution in [1.29, 1.82) is 0 Å². The normalized spacial score (nSPS) is 18.6. The maximum atomic E-state index is 13.1. The first kappa shape index (κ1) is 21.9. The van der Waals surface area contributed by atoms with E-state index in [4.69, 9.17) is 4.74 Å². The first-order valence-electron chi connectivity index (χ1n) is 11.4. The summed E-state index contributed by atoms with van der Waals surface area (Å²) in [6.45, 7) is 5.22. The average molecular weight is 466 g/mol. The molecule has 2 fully saturated rings. The number of carbonyl (C=O) groups is 2. The molecule has 0 radical (unpaired) electrons. The monoisotopic (exact) mass is 465 g/mol. The molecule has 1 aliphatic heterocycles. The Morgan fingerprint density at radius 2 is 2.00 bits per heavy atom. The van der Waals surface area contributed by atoms with Gasteiger partial charge in [-0.15, -0.1) is 10.2 Å². The van der Waals surface area contributed by atoms with Gasteiger partial charge in [-0.3, -0.25) is 4.79 Å². The van der Waals surface area contributed by atoms with E-state index in [1.165, 1.54) is 4.90 Å². The summed E-state index contributed by atoms with van der Waals surface area (Å²) >= 11 is 0. The van der Waals surface area contributed by atoms with Gasteiger partial charge in [0, 0.05) is 44.1 Å². The molecule has 1 aliphatic carbocycles. The van der Waals surface area contributed by atoms with E-state index >= 15 is 0 Å². The maximum absolute atomic E-state index is 13.1. The van der Waals surface area contributed by atoms with E-state index in [1.807, 2.05) is 29.3 Å². The Balaban J connectivity index is 1.31. The van der Waals surface area contributed by atoms with Crippen LogP contribution in [0.4, 0.5) is 16.4 Å². The van der Waals surface area contributed by atoms with Crippen molar-refractivity contribution in [2.45, 2.75) is 45.3 Å². The summed E-state index contributed by atoms with van der Waals surface area (Å²) in [4.78, 5) is 32.3. The molecule has 0 aromatic carbocycles. The average Bonchev–Trinajstić information content (AvgIpc) is 3.14. The van der Waals surface area contributed by atoms with Crippen molar-refractivity contribution in [2.75, 3.05) is 29.9 Å². The van der Waals surface area contributed by atoms with E-state index in [2.05, 4.69) is 20.5 Å². The molecule has 3 aromatic rings. The highest BCUT2D eigenvalue weighted by molar-refractivity contribution is 6.05. The first-order chi connectivity index (χ1) is 16.4. The second kappa shape index (κ2) is 8.81. The van der Waals surface area contributed by atoms with Gasteiger partial charge in [0.05, 0.1) is 17.4 Å². The fourth-order valence-electron chi connectivity index (χ4n) is 4.27. The Kier molecular flexibility index (Phi) is 5.68. The Bertz CT molecular complexity index is 1220. The summed E-state index contributed by atoms with van der Waals surface area (Å²) < 4.78 is 7.90. The third-order valence-corrected chi connectivity index (χ3v) is 6.35. The number of nitrogens with one attached hydrogen (secondary N) is 1. The number of piperazine rings is 1. The van der Waals surface area contributed by atoms with E-state index in [0.717, 1.165) is 30.6 Å². The van der Waals surface area contributed by atoms with Crippen molar-refractivity contribution in [3.05, 3.63) is 41.9 Å². The molecule has 0 unspecified atom stereocenters. The summed E-state index contributed by atoms with van der Waals surface area (Å²) in [5.41, 5.74) is 1.98. The highest BCUT2D eigenvalue weighted by atomic mass is 16.5. The lowest BCUT2D eigenvalue weighted by Crippen LogP contribution is -2.54. The minimum atomic E-state index is -0.916. The lowest BCUT2D eigenvalue weighted by molar-refractivity contribution is 0.0990. The number of hydrogen-bond acceptors (Lipinski definition) is 7. The maximum Gasteiger partial charge on any atom is 0.407 e. The summed E-state index contributed by atoms with van der Waals surface area (Å²) in [5.74, 6) is 1.13. The van der Waals surface area contributed by atoms with Crippen molar-refractivity contribution in [1.82, 2.24) is 24.5 Å². The standard InChI is InChI=1S/C23H27N7O4/c1-14-11-29-13-17(18(10-21(29)24-14)34-16-4-3-5-16)22(31)25-19-6-7-20(27-26-19)28-8-9-30(23(32)33)15(2)12-28/h6-7,10-11,13,15-16H,3-5,8-9,12H2,1-2H3,(H,32,33)(H,25,26,31)/t15-/m0/s1. The molecule has 11 heteroatoms. The molecule has 5 rings (SSSR count). The van der Waals surface area contributed by atoms with Gasteiger partial charge in [-0.1, -0.05) is 0 Å². The number of carbonyl (C=O) groups excluding carboxylic acids is 1. The van der Waals surface area contributed by atoms with Gasteiger partial charge in [-0.05, 0) is 45.2 Å². The van der Waals surface area contributed by atoms with Crippen molar-refractivity contribution in [3.63, 3.8) is 0 Å². The molecule has 0 bridgehead atoms. The smallest absolute Gasteiger partial charge is 0.407 e. The Morgan fingerprint density at radius 1 is 1.18 bits per heavy atom. The zero-order valence-electron chi connectivity index (χ0n) is 19.1. The number of nitrogens with zero attached hydrogens (tertiary/aromatic N) is 6. The molecule has 1 saturated carbocycles. The van der Waals surface area contributed by atoms with Crippen LogP contribution in [0.2, 0.25) is 0 Å². The van der Waals surface area contributed by atoms with Crippen LogP contribution in [0.15, 0.2) is 30.6 Å². The molecule has 4 heterocycles. The van der Waals surface area contributed by atoms with E-state index in [1.54, 1.807) is 24.4 Å². The van der Waals surface area contributed by atoms with Crippen LogP contribution in [-0.4, -0.2) is 73.4 Å². The number of aromatic nitrogens is 4. The number of imidazole rings is 1. The van der Waals surface area contributed by atoms with Crippen molar-refractivity contribution in [3.8, 4) is 5.75 Å². The van der Waals surface area contributed by atoms with E-state index in [0.29, 0.717) is 42.6 Å². The van der Waals surface area contributed by atoms with Gasteiger partial charge >= 0.3 is 6.09 Å². The second-order valence-corrected chi connectivity index (χ2v) is 8.87. The van der Waals surface area contributed by atoms with E-state index in [9.17, 15) is 14.7 Å². The number of carboxylic acid groups (broad SMARTS) is 1. The Labute approximate surface area is 196 Å². The molecule has 0 spiro atoms. The lowest BCUT2D eigenvalue weighted by Gasteiger charge is -2.38. The number of rotatable bonds is 5. The first-order valence-corrected chi connectivity index (χ1v) is 11.4. The number of fused-ring (bicyclic) bond motifs is 1. The summed E-state index contributed by atoms with van der Waals surface area (Å²) in [5, 5.41) is 20.5. The quantitative estimate of drug-likeness (QED) is 0.589. The van der Waals surface area contributed by atoms with Gasteiger partial charge in [0.1, 0.15) is 11.4 Å². The summed E-state index contributed by atoms with van der Waals surface area (Å²) in [6, 6.07) is 5.12. The predicted octanol–water partition coefficient (Wildman–Crippen LogP) is 2.80. The highest BCUT2D eigenvalue weighted by Crippen LogP contribution is 2.29. The van der Waals surface area contributed by atoms with Crippen LogP contribution in [-0.2, 0) is 0 Å². The number of amides is 2. The predicted molar refractivity (Wildman–Crippen MR) is 125 cm³/mol. The van der Waals surface area contributed by atoms with Gasteiger partial charge < -0.3 is 29.4 Å². The number of hydrogen-bond donors (Lipinski definition) is 2. The van der Waals surface area contributed by atoms with Crippen LogP contribution >= 0.6 is 0 Å². The van der Waals surface area contributed by atoms with Crippen molar-refractivity contribution < 1.29 is 19.4 Å². The van der Waals surface area contributed by atoms with E-state index in [-0.39, 0.29) is 18.1 Å². The minimum Gasteiger partial charge on any atom is -0.489 e. The Morgan fingerprint density at radius 3 is 2.65 bits per heavy atom. The molecule has 11 nitrogen and oxygen atoms in total. The Hall–Kier alpha value is -3.89.